The molecule has 0 aliphatic carbocycles. The molecule has 1 fully saturated rings. The Kier molecular flexibility index (Phi) is 2.96. The van der Waals surface area contributed by atoms with E-state index in [-0.39, 0.29) is 11.9 Å². The standard InChI is InChI=1S/C10H18N2O/c1-4-9(10(11)13)12-7(2)5-6-8(12)3/h8-9H,2,4-6H2,1,3H3,(H2,11,13). The molecule has 1 aliphatic heterocycles. The second-order valence-electron chi connectivity index (χ2n) is 3.69. The third kappa shape index (κ3) is 1.85. The average Bonchev–Trinajstić information content (AvgIpc) is 2.36. The van der Waals surface area contributed by atoms with E-state index in [1.54, 1.807) is 0 Å². The Hall–Kier alpha value is -0.990. The Morgan fingerprint density at radius 3 is 2.77 bits per heavy atom. The largest absolute Gasteiger partial charge is 0.368 e. The SMILES string of the molecule is C=C1CCC(C)N1C(CC)C(N)=O. The lowest BCUT2D eigenvalue weighted by molar-refractivity contribution is -0.123. The number of carbonyl (C=O) groups excluding carboxylic acids is 1. The van der Waals surface area contributed by atoms with E-state index < -0.39 is 0 Å². The Morgan fingerprint density at radius 2 is 2.46 bits per heavy atom. The normalized spacial score (nSPS) is 24.9. The van der Waals surface area contributed by atoms with E-state index in [1.165, 1.54) is 0 Å². The van der Waals surface area contributed by atoms with Gasteiger partial charge in [0, 0.05) is 11.7 Å². The summed E-state index contributed by atoms with van der Waals surface area (Å²) in [5, 5.41) is 0. The minimum Gasteiger partial charge on any atom is -0.368 e. The predicted molar refractivity (Wildman–Crippen MR) is 52.9 cm³/mol. The second kappa shape index (κ2) is 3.81. The van der Waals surface area contributed by atoms with E-state index in [0.717, 1.165) is 25.0 Å². The fourth-order valence-corrected chi connectivity index (χ4v) is 2.02. The first-order chi connectivity index (χ1) is 6.07. The lowest BCUT2D eigenvalue weighted by Gasteiger charge is -2.31. The van der Waals surface area contributed by atoms with Crippen molar-refractivity contribution < 1.29 is 4.79 Å². The van der Waals surface area contributed by atoms with Gasteiger partial charge in [-0.05, 0) is 26.2 Å². The van der Waals surface area contributed by atoms with Crippen LogP contribution in [0.3, 0.4) is 0 Å². The second-order valence-corrected chi connectivity index (χ2v) is 3.69. The molecule has 1 saturated heterocycles. The van der Waals surface area contributed by atoms with E-state index in [1.807, 2.05) is 6.92 Å². The summed E-state index contributed by atoms with van der Waals surface area (Å²) in [5.74, 6) is -0.239. The zero-order chi connectivity index (χ0) is 10.0. The molecule has 1 amide bonds. The van der Waals surface area contributed by atoms with E-state index in [0.29, 0.717) is 6.04 Å². The van der Waals surface area contributed by atoms with E-state index >= 15 is 0 Å². The van der Waals surface area contributed by atoms with Crippen LogP contribution in [0.1, 0.15) is 33.1 Å². The molecule has 0 aromatic rings. The van der Waals surface area contributed by atoms with Crippen molar-refractivity contribution in [3.63, 3.8) is 0 Å². The summed E-state index contributed by atoms with van der Waals surface area (Å²) < 4.78 is 0. The molecule has 2 N–H and O–H groups in total. The van der Waals surface area contributed by atoms with Crippen LogP contribution >= 0.6 is 0 Å². The fourth-order valence-electron chi connectivity index (χ4n) is 2.02. The van der Waals surface area contributed by atoms with E-state index in [4.69, 9.17) is 5.73 Å². The van der Waals surface area contributed by atoms with Crippen molar-refractivity contribution in [2.24, 2.45) is 5.73 Å². The first-order valence-electron chi connectivity index (χ1n) is 4.83. The molecule has 2 unspecified atom stereocenters. The number of carbonyl (C=O) groups is 1. The van der Waals surface area contributed by atoms with Gasteiger partial charge in [-0.15, -0.1) is 0 Å². The van der Waals surface area contributed by atoms with Crippen molar-refractivity contribution in [2.45, 2.75) is 45.2 Å². The van der Waals surface area contributed by atoms with Crippen molar-refractivity contribution in [1.29, 1.82) is 0 Å². The van der Waals surface area contributed by atoms with Gasteiger partial charge in [0.25, 0.3) is 0 Å². The van der Waals surface area contributed by atoms with Crippen LogP contribution < -0.4 is 5.73 Å². The maximum absolute atomic E-state index is 11.1. The number of amides is 1. The highest BCUT2D eigenvalue weighted by molar-refractivity contribution is 5.80. The maximum Gasteiger partial charge on any atom is 0.240 e. The summed E-state index contributed by atoms with van der Waals surface area (Å²) >= 11 is 0. The summed E-state index contributed by atoms with van der Waals surface area (Å²) in [6.45, 7) is 8.05. The minimum absolute atomic E-state index is 0.162. The highest BCUT2D eigenvalue weighted by Crippen LogP contribution is 2.28. The molecule has 0 aromatic heterocycles. The van der Waals surface area contributed by atoms with Gasteiger partial charge in [0.2, 0.25) is 5.91 Å². The van der Waals surface area contributed by atoms with Crippen molar-refractivity contribution in [3.8, 4) is 0 Å². The molecule has 3 heteroatoms. The molecule has 13 heavy (non-hydrogen) atoms. The van der Waals surface area contributed by atoms with Crippen LogP contribution in [0, 0.1) is 0 Å². The van der Waals surface area contributed by atoms with Gasteiger partial charge in [-0.1, -0.05) is 13.5 Å². The van der Waals surface area contributed by atoms with Crippen molar-refractivity contribution in [2.75, 3.05) is 0 Å². The Balaban J connectivity index is 2.77. The molecule has 0 bridgehead atoms. The molecular formula is C10H18N2O. The van der Waals surface area contributed by atoms with Gasteiger partial charge in [0.1, 0.15) is 6.04 Å². The van der Waals surface area contributed by atoms with Crippen LogP contribution in [0.15, 0.2) is 12.3 Å². The van der Waals surface area contributed by atoms with Crippen LogP contribution in [0.4, 0.5) is 0 Å². The summed E-state index contributed by atoms with van der Waals surface area (Å²) in [4.78, 5) is 13.2. The smallest absolute Gasteiger partial charge is 0.240 e. The average molecular weight is 182 g/mol. The molecular weight excluding hydrogens is 164 g/mol. The topological polar surface area (TPSA) is 46.3 Å². The molecule has 0 spiro atoms. The van der Waals surface area contributed by atoms with Crippen LogP contribution in [0.5, 0.6) is 0 Å². The zero-order valence-electron chi connectivity index (χ0n) is 8.42. The van der Waals surface area contributed by atoms with E-state index in [9.17, 15) is 4.79 Å². The Labute approximate surface area is 79.6 Å². The number of nitrogens with zero attached hydrogens (tertiary/aromatic N) is 1. The number of rotatable bonds is 3. The number of likely N-dealkylation sites (tertiary alicyclic amines) is 1. The summed E-state index contributed by atoms with van der Waals surface area (Å²) in [7, 11) is 0. The van der Waals surface area contributed by atoms with Crippen molar-refractivity contribution in [1.82, 2.24) is 4.90 Å². The van der Waals surface area contributed by atoms with Crippen molar-refractivity contribution >= 4 is 5.91 Å². The maximum atomic E-state index is 11.1. The van der Waals surface area contributed by atoms with Crippen LogP contribution in [-0.2, 0) is 4.79 Å². The van der Waals surface area contributed by atoms with Crippen LogP contribution in [-0.4, -0.2) is 22.9 Å². The number of hydrogen-bond acceptors (Lipinski definition) is 2. The highest BCUT2D eigenvalue weighted by atomic mass is 16.1. The molecule has 74 valence electrons. The van der Waals surface area contributed by atoms with Gasteiger partial charge in [-0.25, -0.2) is 0 Å². The van der Waals surface area contributed by atoms with Gasteiger partial charge in [0.15, 0.2) is 0 Å². The predicted octanol–water partition coefficient (Wildman–Crippen LogP) is 1.25. The quantitative estimate of drug-likeness (QED) is 0.714. The minimum atomic E-state index is -0.239. The van der Waals surface area contributed by atoms with Gasteiger partial charge < -0.3 is 10.6 Å². The number of allylic oxidation sites excluding steroid dienone is 1. The summed E-state index contributed by atoms with van der Waals surface area (Å²) in [6, 6.07) is 0.245. The number of nitrogens with two attached hydrogens (primary N) is 1. The molecule has 1 aliphatic rings. The Bertz CT molecular complexity index is 225. The van der Waals surface area contributed by atoms with E-state index in [2.05, 4.69) is 18.4 Å². The first kappa shape index (κ1) is 10.1. The number of primary amides is 1. The first-order valence-corrected chi connectivity index (χ1v) is 4.83. The molecule has 0 radical (unpaired) electrons. The van der Waals surface area contributed by atoms with Crippen LogP contribution in [0.2, 0.25) is 0 Å². The highest BCUT2D eigenvalue weighted by Gasteiger charge is 2.31. The zero-order valence-corrected chi connectivity index (χ0v) is 8.42. The fraction of sp³-hybridized carbons (Fsp3) is 0.700. The number of hydrogen-bond donors (Lipinski definition) is 1. The molecule has 3 nitrogen and oxygen atoms in total. The molecule has 2 atom stereocenters. The van der Waals surface area contributed by atoms with Gasteiger partial charge in [0.05, 0.1) is 0 Å². The third-order valence-corrected chi connectivity index (χ3v) is 2.74. The lowest BCUT2D eigenvalue weighted by atomic mass is 10.1. The third-order valence-electron chi connectivity index (χ3n) is 2.74. The van der Waals surface area contributed by atoms with Gasteiger partial charge >= 0.3 is 0 Å². The summed E-state index contributed by atoms with van der Waals surface area (Å²) in [5.41, 5.74) is 6.38. The van der Waals surface area contributed by atoms with Gasteiger partial charge in [-0.3, -0.25) is 4.79 Å². The van der Waals surface area contributed by atoms with Crippen LogP contribution in [0.25, 0.3) is 0 Å². The van der Waals surface area contributed by atoms with Gasteiger partial charge in [-0.2, -0.15) is 0 Å². The molecule has 0 aromatic carbocycles. The monoisotopic (exact) mass is 182 g/mol. The molecule has 1 rings (SSSR count). The Morgan fingerprint density at radius 1 is 1.85 bits per heavy atom. The van der Waals surface area contributed by atoms with Crippen molar-refractivity contribution in [3.05, 3.63) is 12.3 Å². The molecule has 0 saturated carbocycles. The lowest BCUT2D eigenvalue weighted by Crippen LogP contribution is -2.44. The molecule has 1 heterocycles. The summed E-state index contributed by atoms with van der Waals surface area (Å²) in [6.07, 6.45) is 2.84.